The molecule has 5 rings (SSSR count). The molecule has 0 radical (unpaired) electrons. The van der Waals surface area contributed by atoms with E-state index in [0.717, 1.165) is 17.8 Å². The van der Waals surface area contributed by atoms with Crippen LogP contribution in [0.2, 0.25) is 4.34 Å². The second-order valence-corrected chi connectivity index (χ2v) is 10.7. The van der Waals surface area contributed by atoms with E-state index in [0.29, 0.717) is 33.4 Å². The van der Waals surface area contributed by atoms with E-state index in [4.69, 9.17) is 11.6 Å². The van der Waals surface area contributed by atoms with Crippen LogP contribution >= 0.6 is 22.9 Å². The fraction of sp³-hybridized carbons (Fsp3) is 0.478. The lowest BCUT2D eigenvalue weighted by Gasteiger charge is -2.42. The van der Waals surface area contributed by atoms with Gasteiger partial charge in [0, 0.05) is 19.0 Å². The van der Waals surface area contributed by atoms with E-state index in [-0.39, 0.29) is 23.9 Å². The summed E-state index contributed by atoms with van der Waals surface area (Å²) in [6.45, 7) is 4.72. The lowest BCUT2D eigenvalue weighted by molar-refractivity contribution is -0.134. The number of nitrogens with one attached hydrogen (secondary N) is 2. The van der Waals surface area contributed by atoms with Crippen molar-refractivity contribution in [3.63, 3.8) is 0 Å². The summed E-state index contributed by atoms with van der Waals surface area (Å²) in [7, 11) is 1.65. The number of halogens is 1. The Hall–Kier alpha value is -2.51. The molecule has 3 unspecified atom stereocenters. The second kappa shape index (κ2) is 8.37. The Balaban J connectivity index is 1.55. The number of hydrogen-bond donors (Lipinski definition) is 3. The molecule has 3 aromatic rings. The minimum atomic E-state index is -0.722. The van der Waals surface area contributed by atoms with Crippen molar-refractivity contribution in [2.75, 3.05) is 13.6 Å². The molecule has 172 valence electrons. The average Bonchev–Trinajstić information content (AvgIpc) is 3.43. The molecule has 8 nitrogen and oxygen atoms in total. The third kappa shape index (κ3) is 3.71. The molecule has 1 amide bonds. The van der Waals surface area contributed by atoms with Crippen LogP contribution in [-0.2, 0) is 4.79 Å². The highest BCUT2D eigenvalue weighted by atomic mass is 35.5. The van der Waals surface area contributed by atoms with Crippen LogP contribution in [0.25, 0.3) is 11.2 Å². The van der Waals surface area contributed by atoms with Crippen LogP contribution in [0, 0.1) is 30.1 Å². The highest BCUT2D eigenvalue weighted by Crippen LogP contribution is 2.52. The number of aliphatic hydroxyl groups excluding tert-OH is 1. The Kier molecular flexibility index (Phi) is 5.65. The van der Waals surface area contributed by atoms with Crippen molar-refractivity contribution in [2.45, 2.75) is 44.9 Å². The third-order valence-electron chi connectivity index (χ3n) is 7.00. The Morgan fingerprint density at radius 1 is 1.39 bits per heavy atom. The van der Waals surface area contributed by atoms with Gasteiger partial charge in [-0.3, -0.25) is 4.79 Å². The molecule has 2 aliphatic rings. The highest BCUT2D eigenvalue weighted by Gasteiger charge is 2.58. The maximum absolute atomic E-state index is 12.9. The molecular weight excluding hydrogens is 460 g/mol. The lowest BCUT2D eigenvalue weighted by Crippen LogP contribution is -2.57. The third-order valence-corrected chi connectivity index (χ3v) is 8.14. The molecule has 4 heterocycles. The van der Waals surface area contributed by atoms with Crippen molar-refractivity contribution in [3.05, 3.63) is 39.2 Å². The predicted octanol–water partition coefficient (Wildman–Crippen LogP) is 2.29. The van der Waals surface area contributed by atoms with Crippen LogP contribution in [-0.4, -0.2) is 56.3 Å². The van der Waals surface area contributed by atoms with Gasteiger partial charge in [-0.05, 0) is 50.3 Å². The molecule has 0 bridgehead atoms. The first-order valence-corrected chi connectivity index (χ1v) is 12.1. The summed E-state index contributed by atoms with van der Waals surface area (Å²) in [5.74, 6) is 6.19. The Morgan fingerprint density at radius 3 is 2.82 bits per heavy atom. The Morgan fingerprint density at radius 2 is 2.18 bits per heavy atom. The summed E-state index contributed by atoms with van der Waals surface area (Å²) in [5.41, 5.74) is 1.28. The summed E-state index contributed by atoms with van der Waals surface area (Å²) in [5, 5.41) is 17.6. The maximum Gasteiger partial charge on any atom is 0.226 e. The average molecular weight is 485 g/mol. The van der Waals surface area contributed by atoms with Gasteiger partial charge >= 0.3 is 0 Å². The number of carbonyl (C=O) groups is 1. The van der Waals surface area contributed by atoms with Gasteiger partial charge in [0.15, 0.2) is 5.65 Å². The Labute approximate surface area is 200 Å². The smallest absolute Gasteiger partial charge is 0.226 e. The summed E-state index contributed by atoms with van der Waals surface area (Å²) in [6, 6.07) is 3.44. The van der Waals surface area contributed by atoms with Crippen LogP contribution in [0.5, 0.6) is 0 Å². The summed E-state index contributed by atoms with van der Waals surface area (Å²) >= 11 is 7.39. The van der Waals surface area contributed by atoms with E-state index in [2.05, 4.69) is 37.4 Å². The first kappa shape index (κ1) is 22.3. The van der Waals surface area contributed by atoms with Crippen molar-refractivity contribution in [1.82, 2.24) is 30.2 Å². The first-order valence-electron chi connectivity index (χ1n) is 10.9. The number of thiophene rings is 1. The monoisotopic (exact) mass is 484 g/mol. The zero-order chi connectivity index (χ0) is 23.3. The normalized spacial score (nSPS) is 28.9. The maximum atomic E-state index is 12.9. The van der Waals surface area contributed by atoms with Crippen molar-refractivity contribution in [1.29, 1.82) is 0 Å². The minimum Gasteiger partial charge on any atom is -0.391 e. The van der Waals surface area contributed by atoms with Crippen molar-refractivity contribution >= 4 is 40.0 Å². The van der Waals surface area contributed by atoms with Gasteiger partial charge in [0.1, 0.15) is 5.52 Å². The molecule has 0 aromatic carbocycles. The summed E-state index contributed by atoms with van der Waals surface area (Å²) < 4.78 is 2.57. The topological polar surface area (TPSA) is 105 Å². The van der Waals surface area contributed by atoms with Gasteiger partial charge in [-0.1, -0.05) is 18.5 Å². The standard InChI is InChI=1S/C23H25ClN6O2S/c1-12-19-21(29-17(28-12)7-5-13-4-6-16(24)33-13)30(11-27-19)15-10-23(2,22(32)25-3)18(20(15)31)14-8-9-26-14/h4,6,11,14-15,18,20,26,31H,8-10H2,1-3H3,(H,25,32)/t14?,15-,18?,20?,23+/m1/s1. The van der Waals surface area contributed by atoms with Crippen LogP contribution in [0.1, 0.15) is 42.2 Å². The van der Waals surface area contributed by atoms with Crippen molar-refractivity contribution in [2.24, 2.45) is 11.3 Å². The van der Waals surface area contributed by atoms with Gasteiger partial charge in [-0.25, -0.2) is 15.0 Å². The van der Waals surface area contributed by atoms with Gasteiger partial charge < -0.3 is 20.3 Å². The van der Waals surface area contributed by atoms with Crippen LogP contribution in [0.4, 0.5) is 0 Å². The molecule has 1 aliphatic heterocycles. The first-order chi connectivity index (χ1) is 15.8. The van der Waals surface area contributed by atoms with Crippen LogP contribution in [0.15, 0.2) is 18.5 Å². The highest BCUT2D eigenvalue weighted by molar-refractivity contribution is 7.16. The molecule has 2 fully saturated rings. The summed E-state index contributed by atoms with van der Waals surface area (Å²) in [4.78, 5) is 27.4. The largest absolute Gasteiger partial charge is 0.391 e. The number of carbonyl (C=O) groups excluding carboxylic acids is 1. The molecular formula is C23H25ClN6O2S. The predicted molar refractivity (Wildman–Crippen MR) is 127 cm³/mol. The van der Waals surface area contributed by atoms with E-state index in [1.165, 1.54) is 11.3 Å². The zero-order valence-corrected chi connectivity index (χ0v) is 20.2. The fourth-order valence-corrected chi connectivity index (χ4v) is 6.15. The number of imidazole rings is 1. The zero-order valence-electron chi connectivity index (χ0n) is 18.6. The lowest BCUT2D eigenvalue weighted by atomic mass is 9.72. The SMILES string of the molecule is CNC(=O)[C@@]1(C)C[C@@H](n2cnc3c(C)nc(C#Cc4ccc(Cl)s4)nc32)C(O)C1C1CCN1. The van der Waals surface area contributed by atoms with E-state index >= 15 is 0 Å². The number of aliphatic hydroxyl groups is 1. The Bertz CT molecular complexity index is 1290. The van der Waals surface area contributed by atoms with Gasteiger partial charge in [-0.15, -0.1) is 11.3 Å². The van der Waals surface area contributed by atoms with Crippen molar-refractivity contribution < 1.29 is 9.90 Å². The molecule has 3 aromatic heterocycles. The number of fused-ring (bicyclic) bond motifs is 1. The van der Waals surface area contributed by atoms with Gasteiger partial charge in [0.2, 0.25) is 11.7 Å². The number of nitrogens with zero attached hydrogens (tertiary/aromatic N) is 4. The number of amides is 1. The van der Waals surface area contributed by atoms with Gasteiger partial charge in [0.25, 0.3) is 0 Å². The van der Waals surface area contributed by atoms with Gasteiger partial charge in [0.05, 0.1) is 38.8 Å². The molecule has 1 saturated carbocycles. The number of aromatic nitrogens is 4. The second-order valence-electron chi connectivity index (χ2n) is 8.94. The van der Waals surface area contributed by atoms with Crippen LogP contribution in [0.3, 0.4) is 0 Å². The number of rotatable bonds is 3. The molecule has 3 N–H and O–H groups in total. The fourth-order valence-electron chi connectivity index (χ4n) is 5.25. The molecule has 0 spiro atoms. The molecule has 5 atom stereocenters. The summed E-state index contributed by atoms with van der Waals surface area (Å²) in [6.07, 6.45) is 2.40. The van der Waals surface area contributed by atoms with Gasteiger partial charge in [-0.2, -0.15) is 0 Å². The minimum absolute atomic E-state index is 0.0564. The number of hydrogen-bond acceptors (Lipinski definition) is 7. The van der Waals surface area contributed by atoms with Crippen molar-refractivity contribution in [3.8, 4) is 11.8 Å². The van der Waals surface area contributed by atoms with Crippen LogP contribution < -0.4 is 10.6 Å². The molecule has 1 saturated heterocycles. The molecule has 10 heteroatoms. The van der Waals surface area contributed by atoms with E-state index in [1.54, 1.807) is 19.4 Å². The molecule has 1 aliphatic carbocycles. The van der Waals surface area contributed by atoms with E-state index in [1.807, 2.05) is 24.5 Å². The van der Waals surface area contributed by atoms with E-state index < -0.39 is 11.5 Å². The van der Waals surface area contributed by atoms with E-state index in [9.17, 15) is 9.90 Å². The number of aryl methyl sites for hydroxylation is 1. The quantitative estimate of drug-likeness (QED) is 0.493. The molecule has 33 heavy (non-hydrogen) atoms.